The second-order valence-electron chi connectivity index (χ2n) is 3.08. The van der Waals surface area contributed by atoms with Crippen LogP contribution in [0.25, 0.3) is 0 Å². The van der Waals surface area contributed by atoms with Crippen LogP contribution < -0.4 is 5.73 Å². The van der Waals surface area contributed by atoms with E-state index in [0.717, 1.165) is 5.56 Å². The minimum atomic E-state index is -2.94. The van der Waals surface area contributed by atoms with Crippen molar-refractivity contribution in [1.82, 2.24) is 9.78 Å². The highest BCUT2D eigenvalue weighted by Gasteiger charge is 2.26. The highest BCUT2D eigenvalue weighted by atomic mass is 19.3. The van der Waals surface area contributed by atoms with Gasteiger partial charge in [0.2, 0.25) is 0 Å². The molecule has 0 saturated heterocycles. The van der Waals surface area contributed by atoms with Crippen molar-refractivity contribution >= 4 is 0 Å². The lowest BCUT2D eigenvalue weighted by Crippen LogP contribution is -2.32. The topological polar surface area (TPSA) is 53.1 Å². The van der Waals surface area contributed by atoms with E-state index < -0.39 is 19.1 Å². The fraction of sp³-hybridized carbons (Fsp3) is 0.625. The first-order chi connectivity index (χ1) is 6.53. The summed E-state index contributed by atoms with van der Waals surface area (Å²) in [6, 6.07) is 0. The van der Waals surface area contributed by atoms with E-state index in [0.29, 0.717) is 0 Å². The number of aryl methyl sites for hydroxylation is 1. The molecular weight excluding hydrogens is 192 g/mol. The van der Waals surface area contributed by atoms with Gasteiger partial charge >= 0.3 is 0 Å². The summed E-state index contributed by atoms with van der Waals surface area (Å²) in [7, 11) is 1.75. The Morgan fingerprint density at radius 2 is 2.36 bits per heavy atom. The van der Waals surface area contributed by atoms with Crippen molar-refractivity contribution in [1.29, 1.82) is 0 Å². The van der Waals surface area contributed by atoms with Gasteiger partial charge in [-0.05, 0) is 0 Å². The van der Waals surface area contributed by atoms with E-state index >= 15 is 0 Å². The van der Waals surface area contributed by atoms with Gasteiger partial charge in [0, 0.05) is 18.8 Å². The highest BCUT2D eigenvalue weighted by Crippen LogP contribution is 2.12. The zero-order valence-electron chi connectivity index (χ0n) is 7.91. The molecule has 0 atom stereocenters. The van der Waals surface area contributed by atoms with Crippen molar-refractivity contribution in [3.05, 3.63) is 18.0 Å². The molecular formula is C8H13F2N3O. The van der Waals surface area contributed by atoms with Crippen molar-refractivity contribution in [3.63, 3.8) is 0 Å². The van der Waals surface area contributed by atoms with E-state index in [1.807, 2.05) is 0 Å². The van der Waals surface area contributed by atoms with Crippen LogP contribution in [-0.2, 0) is 18.4 Å². The average molecular weight is 205 g/mol. The van der Waals surface area contributed by atoms with Gasteiger partial charge in [-0.3, -0.25) is 4.68 Å². The number of nitrogens with zero attached hydrogens (tertiary/aromatic N) is 2. The van der Waals surface area contributed by atoms with Gasteiger partial charge in [0.25, 0.3) is 5.92 Å². The predicted octanol–water partition coefficient (Wildman–Crippen LogP) is 0.531. The summed E-state index contributed by atoms with van der Waals surface area (Å²) in [6.07, 6.45) is 3.28. The Kier molecular flexibility index (Phi) is 3.54. The summed E-state index contributed by atoms with van der Waals surface area (Å²) in [5.74, 6) is -2.94. The monoisotopic (exact) mass is 205 g/mol. The molecule has 0 aliphatic rings. The van der Waals surface area contributed by atoms with Crippen molar-refractivity contribution in [2.45, 2.75) is 12.5 Å². The summed E-state index contributed by atoms with van der Waals surface area (Å²) < 4.78 is 31.6. The van der Waals surface area contributed by atoms with E-state index in [2.05, 4.69) is 5.10 Å². The molecule has 0 bridgehead atoms. The molecule has 0 unspecified atom stereocenters. The number of nitrogens with two attached hydrogens (primary N) is 1. The molecule has 14 heavy (non-hydrogen) atoms. The number of hydrogen-bond donors (Lipinski definition) is 1. The molecule has 0 aromatic carbocycles. The number of alkyl halides is 2. The fourth-order valence-corrected chi connectivity index (χ4v) is 0.924. The predicted molar refractivity (Wildman–Crippen MR) is 46.9 cm³/mol. The summed E-state index contributed by atoms with van der Waals surface area (Å²) in [6.45, 7) is -1.22. The molecule has 0 amide bonds. The molecule has 1 heterocycles. The standard InChI is InChI=1S/C8H13F2N3O/c1-13-3-7(2-12-13)4-14-6-8(9,10)5-11/h2-3H,4-6,11H2,1H3. The van der Waals surface area contributed by atoms with Gasteiger partial charge < -0.3 is 10.5 Å². The van der Waals surface area contributed by atoms with E-state index in [-0.39, 0.29) is 6.61 Å². The molecule has 0 fully saturated rings. The van der Waals surface area contributed by atoms with Crippen LogP contribution in [-0.4, -0.2) is 28.9 Å². The van der Waals surface area contributed by atoms with Gasteiger partial charge in [0.05, 0.1) is 19.3 Å². The molecule has 6 heteroatoms. The molecule has 0 spiro atoms. The Balaban J connectivity index is 2.28. The summed E-state index contributed by atoms with van der Waals surface area (Å²) >= 11 is 0. The molecule has 4 nitrogen and oxygen atoms in total. The van der Waals surface area contributed by atoms with Gasteiger partial charge in [-0.15, -0.1) is 0 Å². The van der Waals surface area contributed by atoms with Crippen LogP contribution in [0.3, 0.4) is 0 Å². The van der Waals surface area contributed by atoms with Gasteiger partial charge in [-0.2, -0.15) is 5.10 Å². The molecule has 1 aromatic rings. The van der Waals surface area contributed by atoms with E-state index in [4.69, 9.17) is 10.5 Å². The minimum Gasteiger partial charge on any atom is -0.370 e. The fourth-order valence-electron chi connectivity index (χ4n) is 0.924. The number of halogens is 2. The maximum absolute atomic E-state index is 12.6. The maximum Gasteiger partial charge on any atom is 0.282 e. The first-order valence-electron chi connectivity index (χ1n) is 4.17. The van der Waals surface area contributed by atoms with Crippen LogP contribution in [0.4, 0.5) is 8.78 Å². The van der Waals surface area contributed by atoms with Crippen LogP contribution >= 0.6 is 0 Å². The Morgan fingerprint density at radius 3 is 2.86 bits per heavy atom. The van der Waals surface area contributed by atoms with Crippen molar-refractivity contribution < 1.29 is 13.5 Å². The second-order valence-corrected chi connectivity index (χ2v) is 3.08. The second kappa shape index (κ2) is 4.47. The van der Waals surface area contributed by atoms with E-state index in [1.165, 1.54) is 0 Å². The Hall–Kier alpha value is -1.01. The first-order valence-corrected chi connectivity index (χ1v) is 4.17. The van der Waals surface area contributed by atoms with Crippen molar-refractivity contribution in [2.75, 3.05) is 13.2 Å². The number of ether oxygens (including phenoxy) is 1. The molecule has 1 rings (SSSR count). The number of rotatable bonds is 5. The van der Waals surface area contributed by atoms with E-state index in [9.17, 15) is 8.78 Å². The smallest absolute Gasteiger partial charge is 0.282 e. The molecule has 0 aliphatic heterocycles. The van der Waals surface area contributed by atoms with Crippen molar-refractivity contribution in [3.8, 4) is 0 Å². The molecule has 0 aliphatic carbocycles. The highest BCUT2D eigenvalue weighted by molar-refractivity contribution is 5.01. The lowest BCUT2D eigenvalue weighted by Gasteiger charge is -2.13. The average Bonchev–Trinajstić information content (AvgIpc) is 2.51. The summed E-state index contributed by atoms with van der Waals surface area (Å²) in [5.41, 5.74) is 5.61. The van der Waals surface area contributed by atoms with Crippen LogP contribution in [0.15, 0.2) is 12.4 Å². The minimum absolute atomic E-state index is 0.128. The lowest BCUT2D eigenvalue weighted by atomic mass is 10.3. The van der Waals surface area contributed by atoms with Crippen LogP contribution in [0, 0.1) is 0 Å². The van der Waals surface area contributed by atoms with Crippen molar-refractivity contribution in [2.24, 2.45) is 12.8 Å². The van der Waals surface area contributed by atoms with Crippen LogP contribution in [0.1, 0.15) is 5.56 Å². The zero-order valence-corrected chi connectivity index (χ0v) is 7.91. The number of aromatic nitrogens is 2. The molecule has 0 radical (unpaired) electrons. The van der Waals surface area contributed by atoms with Crippen LogP contribution in [0.2, 0.25) is 0 Å². The summed E-state index contributed by atoms with van der Waals surface area (Å²) in [5, 5.41) is 3.88. The molecule has 1 aromatic heterocycles. The SMILES string of the molecule is Cn1cc(COCC(F)(F)CN)cn1. The number of hydrogen-bond acceptors (Lipinski definition) is 3. The lowest BCUT2D eigenvalue weighted by molar-refractivity contribution is -0.0741. The van der Waals surface area contributed by atoms with Gasteiger partial charge in [0.15, 0.2) is 0 Å². The third-order valence-corrected chi connectivity index (χ3v) is 1.64. The van der Waals surface area contributed by atoms with E-state index in [1.54, 1.807) is 24.1 Å². The Morgan fingerprint density at radius 1 is 1.64 bits per heavy atom. The normalized spacial score (nSPS) is 12.0. The summed E-state index contributed by atoms with van der Waals surface area (Å²) in [4.78, 5) is 0. The molecule has 80 valence electrons. The molecule has 0 saturated carbocycles. The third kappa shape index (κ3) is 3.39. The maximum atomic E-state index is 12.6. The Labute approximate surface area is 80.6 Å². The quantitative estimate of drug-likeness (QED) is 0.762. The van der Waals surface area contributed by atoms with Gasteiger partial charge in [-0.25, -0.2) is 8.78 Å². The zero-order chi connectivity index (χ0) is 10.6. The first kappa shape index (κ1) is 11.1. The van der Waals surface area contributed by atoms with Gasteiger partial charge in [-0.1, -0.05) is 0 Å². The largest absolute Gasteiger partial charge is 0.370 e. The van der Waals surface area contributed by atoms with Gasteiger partial charge in [0.1, 0.15) is 6.61 Å². The molecule has 2 N–H and O–H groups in total. The Bertz CT molecular complexity index is 288. The third-order valence-electron chi connectivity index (χ3n) is 1.64. The van der Waals surface area contributed by atoms with Crippen LogP contribution in [0.5, 0.6) is 0 Å².